The first kappa shape index (κ1) is 25.8. The SMILES string of the molecule is CCCOc1ccc(/C(O)=C2\C(=O)C(=O)N(CCc3ccccc3)C2c2ccc(O)c(OCC)c2)cc1. The molecule has 0 bridgehead atoms. The predicted molar refractivity (Wildman–Crippen MR) is 141 cm³/mol. The summed E-state index contributed by atoms with van der Waals surface area (Å²) < 4.78 is 11.2. The molecular weight excluding hydrogens is 470 g/mol. The second kappa shape index (κ2) is 11.6. The number of nitrogens with zero attached hydrogens (tertiary/aromatic N) is 1. The largest absolute Gasteiger partial charge is 0.507 e. The Morgan fingerprint density at radius 3 is 2.35 bits per heavy atom. The van der Waals surface area contributed by atoms with Crippen molar-refractivity contribution in [3.8, 4) is 17.2 Å². The third-order valence-electron chi connectivity index (χ3n) is 6.22. The van der Waals surface area contributed by atoms with Gasteiger partial charge in [-0.25, -0.2) is 0 Å². The van der Waals surface area contributed by atoms with Crippen LogP contribution in [0.3, 0.4) is 0 Å². The lowest BCUT2D eigenvalue weighted by atomic mass is 9.94. The Morgan fingerprint density at radius 2 is 1.68 bits per heavy atom. The molecule has 7 heteroatoms. The zero-order valence-electron chi connectivity index (χ0n) is 21.0. The number of benzene rings is 3. The van der Waals surface area contributed by atoms with Crippen LogP contribution in [0.2, 0.25) is 0 Å². The fourth-order valence-electron chi connectivity index (χ4n) is 4.41. The zero-order valence-corrected chi connectivity index (χ0v) is 21.0. The molecule has 0 aliphatic carbocycles. The first-order valence-corrected chi connectivity index (χ1v) is 12.5. The lowest BCUT2D eigenvalue weighted by Crippen LogP contribution is -2.31. The highest BCUT2D eigenvalue weighted by Gasteiger charge is 2.46. The monoisotopic (exact) mass is 501 g/mol. The maximum absolute atomic E-state index is 13.3. The minimum Gasteiger partial charge on any atom is -0.507 e. The number of phenols is 1. The number of phenolic OH excluding ortho intramolecular Hbond substituents is 1. The molecule has 1 heterocycles. The van der Waals surface area contributed by atoms with E-state index < -0.39 is 17.7 Å². The van der Waals surface area contributed by atoms with Crippen molar-refractivity contribution in [2.24, 2.45) is 0 Å². The smallest absolute Gasteiger partial charge is 0.295 e. The average Bonchev–Trinajstić information content (AvgIpc) is 3.17. The van der Waals surface area contributed by atoms with Gasteiger partial charge in [0.25, 0.3) is 11.7 Å². The Kier molecular flexibility index (Phi) is 8.13. The standard InChI is InChI=1S/C30H31NO6/c1-3-18-37-23-13-10-21(11-14-23)28(33)26-27(22-12-15-24(32)25(19-22)36-4-2)31(30(35)29(26)34)17-16-20-8-6-5-7-9-20/h5-15,19,27,32-33H,3-4,16-18H2,1-2H3/b28-26+. The van der Waals surface area contributed by atoms with Crippen molar-refractivity contribution in [2.45, 2.75) is 32.7 Å². The molecule has 7 nitrogen and oxygen atoms in total. The van der Waals surface area contributed by atoms with Crippen molar-refractivity contribution in [2.75, 3.05) is 19.8 Å². The van der Waals surface area contributed by atoms with Gasteiger partial charge >= 0.3 is 0 Å². The van der Waals surface area contributed by atoms with E-state index in [0.29, 0.717) is 36.5 Å². The normalized spacial score (nSPS) is 16.7. The average molecular weight is 502 g/mol. The molecule has 0 saturated carbocycles. The molecule has 0 aromatic heterocycles. The van der Waals surface area contributed by atoms with Crippen molar-refractivity contribution in [3.63, 3.8) is 0 Å². The molecule has 1 aliphatic heterocycles. The van der Waals surface area contributed by atoms with Crippen LogP contribution >= 0.6 is 0 Å². The third kappa shape index (κ3) is 5.61. The van der Waals surface area contributed by atoms with Gasteiger partial charge in [0, 0.05) is 12.1 Å². The molecule has 1 atom stereocenters. The number of ether oxygens (including phenoxy) is 2. The summed E-state index contributed by atoms with van der Waals surface area (Å²) in [5.41, 5.74) is 1.97. The number of hydrogen-bond acceptors (Lipinski definition) is 6. The topological polar surface area (TPSA) is 96.3 Å². The van der Waals surface area contributed by atoms with E-state index in [2.05, 4.69) is 0 Å². The summed E-state index contributed by atoms with van der Waals surface area (Å²) >= 11 is 0. The van der Waals surface area contributed by atoms with Crippen LogP contribution in [-0.2, 0) is 16.0 Å². The number of aromatic hydroxyl groups is 1. The van der Waals surface area contributed by atoms with E-state index in [1.165, 1.54) is 11.0 Å². The molecule has 192 valence electrons. The number of carbonyl (C=O) groups is 2. The molecule has 1 fully saturated rings. The second-order valence-electron chi connectivity index (χ2n) is 8.76. The van der Waals surface area contributed by atoms with Crippen molar-refractivity contribution < 1.29 is 29.3 Å². The van der Waals surface area contributed by atoms with Crippen molar-refractivity contribution in [1.29, 1.82) is 0 Å². The third-order valence-corrected chi connectivity index (χ3v) is 6.22. The Bertz CT molecular complexity index is 1280. The summed E-state index contributed by atoms with van der Waals surface area (Å²) in [5.74, 6) is -0.860. The Morgan fingerprint density at radius 1 is 0.946 bits per heavy atom. The number of aliphatic hydroxyl groups is 1. The van der Waals surface area contributed by atoms with Gasteiger partial charge < -0.3 is 24.6 Å². The number of likely N-dealkylation sites (tertiary alicyclic amines) is 1. The highest BCUT2D eigenvalue weighted by atomic mass is 16.5. The van der Waals surface area contributed by atoms with Crippen LogP contribution in [0.25, 0.3) is 5.76 Å². The van der Waals surface area contributed by atoms with Crippen LogP contribution in [0.1, 0.15) is 43.0 Å². The van der Waals surface area contributed by atoms with Crippen LogP contribution in [-0.4, -0.2) is 46.6 Å². The van der Waals surface area contributed by atoms with E-state index in [9.17, 15) is 19.8 Å². The summed E-state index contributed by atoms with van der Waals surface area (Å²) in [5, 5.41) is 21.5. The second-order valence-corrected chi connectivity index (χ2v) is 8.76. The minimum absolute atomic E-state index is 0.00609. The molecule has 37 heavy (non-hydrogen) atoms. The molecule has 0 radical (unpaired) electrons. The van der Waals surface area contributed by atoms with E-state index in [-0.39, 0.29) is 29.4 Å². The lowest BCUT2D eigenvalue weighted by molar-refractivity contribution is -0.139. The molecule has 3 aromatic carbocycles. The van der Waals surface area contributed by atoms with E-state index in [4.69, 9.17) is 9.47 Å². The van der Waals surface area contributed by atoms with Crippen LogP contribution in [0.15, 0.2) is 78.4 Å². The quantitative estimate of drug-likeness (QED) is 0.224. The van der Waals surface area contributed by atoms with Crippen LogP contribution in [0.4, 0.5) is 0 Å². The first-order chi connectivity index (χ1) is 17.9. The van der Waals surface area contributed by atoms with E-state index in [0.717, 1.165) is 12.0 Å². The highest BCUT2D eigenvalue weighted by Crippen LogP contribution is 2.42. The fourth-order valence-corrected chi connectivity index (χ4v) is 4.41. The van der Waals surface area contributed by atoms with Gasteiger partial charge in [-0.05, 0) is 67.3 Å². The van der Waals surface area contributed by atoms with Crippen LogP contribution < -0.4 is 9.47 Å². The summed E-state index contributed by atoms with van der Waals surface area (Å²) in [6.07, 6.45) is 1.40. The van der Waals surface area contributed by atoms with Crippen LogP contribution in [0, 0.1) is 0 Å². The summed E-state index contributed by atoms with van der Waals surface area (Å²) in [4.78, 5) is 28.0. The predicted octanol–water partition coefficient (Wildman–Crippen LogP) is 5.24. The Balaban J connectivity index is 1.77. The van der Waals surface area contributed by atoms with E-state index in [1.54, 1.807) is 43.3 Å². The number of carbonyl (C=O) groups excluding carboxylic acids is 2. The minimum atomic E-state index is -0.848. The number of aliphatic hydroxyl groups excluding tert-OH is 1. The highest BCUT2D eigenvalue weighted by molar-refractivity contribution is 6.46. The zero-order chi connectivity index (χ0) is 26.4. The number of Topliss-reactive ketones (excluding diaryl/α,β-unsaturated/α-hetero) is 1. The lowest BCUT2D eigenvalue weighted by Gasteiger charge is -2.26. The van der Waals surface area contributed by atoms with Gasteiger partial charge in [0.15, 0.2) is 11.5 Å². The maximum atomic E-state index is 13.3. The molecule has 1 aliphatic rings. The molecule has 3 aromatic rings. The molecule has 1 amide bonds. The van der Waals surface area contributed by atoms with Gasteiger partial charge in [-0.15, -0.1) is 0 Å². The maximum Gasteiger partial charge on any atom is 0.295 e. The molecule has 0 spiro atoms. The van der Waals surface area contributed by atoms with Gasteiger partial charge in [-0.3, -0.25) is 9.59 Å². The van der Waals surface area contributed by atoms with Gasteiger partial charge in [0.2, 0.25) is 0 Å². The molecule has 1 saturated heterocycles. The molecular formula is C30H31NO6. The fraction of sp³-hybridized carbons (Fsp3) is 0.267. The molecule has 2 N–H and O–H groups in total. The summed E-state index contributed by atoms with van der Waals surface area (Å²) in [6, 6.07) is 20.3. The van der Waals surface area contributed by atoms with Crippen LogP contribution in [0.5, 0.6) is 17.2 Å². The molecule has 4 rings (SSSR count). The van der Waals surface area contributed by atoms with E-state index in [1.807, 2.05) is 37.3 Å². The number of amides is 1. The number of hydrogen-bond donors (Lipinski definition) is 2. The summed E-state index contributed by atoms with van der Waals surface area (Å²) in [7, 11) is 0. The number of ketones is 1. The van der Waals surface area contributed by atoms with Gasteiger partial charge in [0.1, 0.15) is 11.5 Å². The van der Waals surface area contributed by atoms with Crippen molar-refractivity contribution in [3.05, 3.63) is 95.1 Å². The van der Waals surface area contributed by atoms with E-state index >= 15 is 0 Å². The Hall–Kier alpha value is -4.26. The number of rotatable bonds is 10. The summed E-state index contributed by atoms with van der Waals surface area (Å²) in [6.45, 7) is 4.98. The van der Waals surface area contributed by atoms with Gasteiger partial charge in [0.05, 0.1) is 24.8 Å². The first-order valence-electron chi connectivity index (χ1n) is 12.5. The van der Waals surface area contributed by atoms with Crippen molar-refractivity contribution >= 4 is 17.4 Å². The molecule has 1 unspecified atom stereocenters. The Labute approximate surface area is 216 Å². The van der Waals surface area contributed by atoms with Gasteiger partial charge in [-0.1, -0.05) is 43.3 Å². The van der Waals surface area contributed by atoms with Crippen molar-refractivity contribution in [1.82, 2.24) is 4.90 Å². The van der Waals surface area contributed by atoms with Gasteiger partial charge in [-0.2, -0.15) is 0 Å².